The zero-order chi connectivity index (χ0) is 11.5. The van der Waals surface area contributed by atoms with Crippen molar-refractivity contribution in [2.75, 3.05) is 13.1 Å². The second kappa shape index (κ2) is 6.33. The van der Waals surface area contributed by atoms with E-state index in [2.05, 4.69) is 26.6 Å². The quantitative estimate of drug-likeness (QED) is 0.891. The van der Waals surface area contributed by atoms with E-state index < -0.39 is 0 Å². The van der Waals surface area contributed by atoms with Crippen LogP contribution in [0.4, 0.5) is 4.39 Å². The molecule has 1 heterocycles. The van der Waals surface area contributed by atoms with Gasteiger partial charge in [0.15, 0.2) is 0 Å². The second-order valence-corrected chi connectivity index (χ2v) is 4.66. The largest absolute Gasteiger partial charge is 0.352 e. The first-order valence-electron chi connectivity index (χ1n) is 5.09. The molecule has 1 aliphatic heterocycles. The highest BCUT2D eigenvalue weighted by Gasteiger charge is 2.24. The topological polar surface area (TPSA) is 41.1 Å². The van der Waals surface area contributed by atoms with Crippen LogP contribution < -0.4 is 10.6 Å². The smallest absolute Gasteiger partial charge is 0.225 e. The molecule has 0 atom stereocenters. The van der Waals surface area contributed by atoms with Gasteiger partial charge in [-0.3, -0.25) is 4.79 Å². The molecular formula is C11H13BrClFN2O. The highest BCUT2D eigenvalue weighted by Crippen LogP contribution is 2.17. The molecule has 94 valence electrons. The van der Waals surface area contributed by atoms with Gasteiger partial charge in [0.25, 0.3) is 0 Å². The van der Waals surface area contributed by atoms with Crippen molar-refractivity contribution in [2.24, 2.45) is 5.92 Å². The normalized spacial score (nSPS) is 14.7. The molecule has 0 saturated carbocycles. The lowest BCUT2D eigenvalue weighted by Gasteiger charge is -2.25. The maximum absolute atomic E-state index is 13.0. The van der Waals surface area contributed by atoms with Gasteiger partial charge >= 0.3 is 0 Å². The fourth-order valence-electron chi connectivity index (χ4n) is 1.48. The molecule has 3 nitrogen and oxygen atoms in total. The third-order valence-corrected chi connectivity index (χ3v) is 3.39. The number of nitrogens with one attached hydrogen (secondary N) is 2. The highest BCUT2D eigenvalue weighted by atomic mass is 79.9. The molecule has 2 rings (SSSR count). The van der Waals surface area contributed by atoms with Gasteiger partial charge in [0, 0.05) is 24.1 Å². The van der Waals surface area contributed by atoms with E-state index in [9.17, 15) is 9.18 Å². The Morgan fingerprint density at radius 3 is 2.82 bits per heavy atom. The van der Waals surface area contributed by atoms with Crippen molar-refractivity contribution in [1.82, 2.24) is 10.6 Å². The predicted molar refractivity (Wildman–Crippen MR) is 69.6 cm³/mol. The summed E-state index contributed by atoms with van der Waals surface area (Å²) in [6.45, 7) is 1.82. The Kier molecular flexibility index (Phi) is 5.36. The molecule has 0 radical (unpaired) electrons. The molecule has 0 unspecified atom stereocenters. The van der Waals surface area contributed by atoms with Gasteiger partial charge in [-0.15, -0.1) is 12.4 Å². The van der Waals surface area contributed by atoms with Crippen molar-refractivity contribution in [2.45, 2.75) is 6.54 Å². The van der Waals surface area contributed by atoms with E-state index in [0.29, 0.717) is 6.54 Å². The van der Waals surface area contributed by atoms with Crippen molar-refractivity contribution in [3.63, 3.8) is 0 Å². The van der Waals surface area contributed by atoms with Crippen LogP contribution >= 0.6 is 28.3 Å². The summed E-state index contributed by atoms with van der Waals surface area (Å²) >= 11 is 3.32. The fraction of sp³-hybridized carbons (Fsp3) is 0.364. The van der Waals surface area contributed by atoms with Crippen LogP contribution in [0.5, 0.6) is 0 Å². The number of carbonyl (C=O) groups is 1. The molecule has 1 fully saturated rings. The monoisotopic (exact) mass is 322 g/mol. The number of hydrogen-bond donors (Lipinski definition) is 2. The number of amides is 1. The Morgan fingerprint density at radius 1 is 1.53 bits per heavy atom. The zero-order valence-corrected chi connectivity index (χ0v) is 11.4. The lowest BCUT2D eigenvalue weighted by Crippen LogP contribution is -2.50. The van der Waals surface area contributed by atoms with Crippen molar-refractivity contribution in [3.05, 3.63) is 34.1 Å². The van der Waals surface area contributed by atoms with Crippen molar-refractivity contribution < 1.29 is 9.18 Å². The zero-order valence-electron chi connectivity index (χ0n) is 9.00. The van der Waals surface area contributed by atoms with E-state index in [1.54, 1.807) is 6.07 Å². The molecule has 0 aromatic heterocycles. The van der Waals surface area contributed by atoms with Crippen molar-refractivity contribution in [1.29, 1.82) is 0 Å². The van der Waals surface area contributed by atoms with E-state index in [1.807, 2.05) is 0 Å². The minimum absolute atomic E-state index is 0. The van der Waals surface area contributed by atoms with E-state index >= 15 is 0 Å². The molecule has 6 heteroatoms. The fourth-order valence-corrected chi connectivity index (χ4v) is 1.87. The van der Waals surface area contributed by atoms with E-state index in [4.69, 9.17) is 0 Å². The predicted octanol–water partition coefficient (Wildman–Crippen LogP) is 1.85. The molecule has 1 saturated heterocycles. The average Bonchev–Trinajstić information content (AvgIpc) is 2.17. The molecular weight excluding hydrogens is 310 g/mol. The van der Waals surface area contributed by atoms with Gasteiger partial charge in [-0.2, -0.15) is 0 Å². The number of halogens is 3. The van der Waals surface area contributed by atoms with Gasteiger partial charge in [0.05, 0.1) is 5.92 Å². The van der Waals surface area contributed by atoms with Gasteiger partial charge in [0.1, 0.15) is 5.82 Å². The van der Waals surface area contributed by atoms with Crippen LogP contribution in [-0.2, 0) is 11.3 Å². The standard InChI is InChI=1S/C11H12BrFN2O.ClH/c12-10-2-1-9(13)3-7(10)6-15-11(16)8-4-14-5-8;/h1-3,8,14H,4-6H2,(H,15,16);1H. The van der Waals surface area contributed by atoms with Gasteiger partial charge in [-0.05, 0) is 23.8 Å². The first kappa shape index (κ1) is 14.4. The molecule has 2 N–H and O–H groups in total. The molecule has 1 aromatic carbocycles. The summed E-state index contributed by atoms with van der Waals surface area (Å²) in [5.41, 5.74) is 0.751. The summed E-state index contributed by atoms with van der Waals surface area (Å²) in [7, 11) is 0. The van der Waals surface area contributed by atoms with Crippen LogP contribution in [0, 0.1) is 11.7 Å². The third kappa shape index (κ3) is 3.66. The first-order chi connectivity index (χ1) is 7.66. The Bertz CT molecular complexity index is 412. The average molecular weight is 324 g/mol. The Hall–Kier alpha value is -0.650. The van der Waals surface area contributed by atoms with Gasteiger partial charge < -0.3 is 10.6 Å². The lowest BCUT2D eigenvalue weighted by atomic mass is 10.0. The van der Waals surface area contributed by atoms with Crippen LogP contribution in [-0.4, -0.2) is 19.0 Å². The lowest BCUT2D eigenvalue weighted by molar-refractivity contribution is -0.126. The molecule has 1 aromatic rings. The Morgan fingerprint density at radius 2 is 2.24 bits per heavy atom. The summed E-state index contributed by atoms with van der Waals surface area (Å²) in [5.74, 6) is -0.208. The van der Waals surface area contributed by atoms with Gasteiger partial charge in [0.2, 0.25) is 5.91 Å². The van der Waals surface area contributed by atoms with Crippen LogP contribution in [0.2, 0.25) is 0 Å². The summed E-state index contributed by atoms with van der Waals surface area (Å²) < 4.78 is 13.8. The summed E-state index contributed by atoms with van der Waals surface area (Å²) in [6.07, 6.45) is 0. The van der Waals surface area contributed by atoms with Crippen molar-refractivity contribution in [3.8, 4) is 0 Å². The molecule has 0 bridgehead atoms. The minimum atomic E-state index is -0.294. The Labute approximate surface area is 114 Å². The molecule has 0 spiro atoms. The molecule has 17 heavy (non-hydrogen) atoms. The van der Waals surface area contributed by atoms with Crippen LogP contribution in [0.15, 0.2) is 22.7 Å². The maximum Gasteiger partial charge on any atom is 0.225 e. The van der Waals surface area contributed by atoms with Crippen molar-refractivity contribution >= 4 is 34.2 Å². The molecule has 1 amide bonds. The number of carbonyl (C=O) groups excluding carboxylic acids is 1. The van der Waals surface area contributed by atoms with E-state index in [0.717, 1.165) is 23.1 Å². The SMILES string of the molecule is Cl.O=C(NCc1cc(F)ccc1Br)C1CNC1. The summed E-state index contributed by atoms with van der Waals surface area (Å²) in [4.78, 5) is 11.5. The van der Waals surface area contributed by atoms with Crippen LogP contribution in [0.25, 0.3) is 0 Å². The van der Waals surface area contributed by atoms with Gasteiger partial charge in [-0.1, -0.05) is 15.9 Å². The van der Waals surface area contributed by atoms with E-state index in [-0.39, 0.29) is 30.0 Å². The number of benzene rings is 1. The molecule has 1 aliphatic rings. The number of rotatable bonds is 3. The molecule has 0 aliphatic carbocycles. The van der Waals surface area contributed by atoms with Gasteiger partial charge in [-0.25, -0.2) is 4.39 Å². The third-order valence-electron chi connectivity index (χ3n) is 2.61. The van der Waals surface area contributed by atoms with E-state index in [1.165, 1.54) is 12.1 Å². The summed E-state index contributed by atoms with van der Waals surface area (Å²) in [5, 5.41) is 5.82. The minimum Gasteiger partial charge on any atom is -0.352 e. The second-order valence-electron chi connectivity index (χ2n) is 3.81. The summed E-state index contributed by atoms with van der Waals surface area (Å²) in [6, 6.07) is 4.44. The van der Waals surface area contributed by atoms with Crippen LogP contribution in [0.1, 0.15) is 5.56 Å². The first-order valence-corrected chi connectivity index (χ1v) is 5.88. The van der Waals surface area contributed by atoms with Crippen LogP contribution in [0.3, 0.4) is 0 Å². The maximum atomic E-state index is 13.0. The highest BCUT2D eigenvalue weighted by molar-refractivity contribution is 9.10. The number of hydrogen-bond acceptors (Lipinski definition) is 2. The Balaban J connectivity index is 0.00000144.